The first-order valence-electron chi connectivity index (χ1n) is 12.0. The number of carbonyl (C=O) groups is 2. The zero-order chi connectivity index (χ0) is 25.8. The van der Waals surface area contributed by atoms with Crippen molar-refractivity contribution in [2.45, 2.75) is 52.0 Å². The van der Waals surface area contributed by atoms with Crippen LogP contribution < -0.4 is 9.62 Å². The average molecular weight is 522 g/mol. The van der Waals surface area contributed by atoms with Crippen LogP contribution in [0.2, 0.25) is 5.02 Å². The third-order valence-electron chi connectivity index (χ3n) is 5.73. The molecule has 0 heterocycles. The molecule has 35 heavy (non-hydrogen) atoms. The van der Waals surface area contributed by atoms with Gasteiger partial charge in [-0.15, -0.1) is 0 Å². The molecule has 0 saturated carbocycles. The maximum absolute atomic E-state index is 13.2. The zero-order valence-electron chi connectivity index (χ0n) is 20.7. The second kappa shape index (κ2) is 14.1. The molecule has 0 aromatic heterocycles. The van der Waals surface area contributed by atoms with E-state index in [1.54, 1.807) is 36.1 Å². The summed E-state index contributed by atoms with van der Waals surface area (Å²) in [7, 11) is -3.56. The molecule has 192 valence electrons. The molecule has 9 heteroatoms. The molecule has 0 bridgehead atoms. The molecule has 2 amide bonds. The topological polar surface area (TPSA) is 86.8 Å². The molecule has 0 radical (unpaired) electrons. The van der Waals surface area contributed by atoms with Crippen molar-refractivity contribution in [1.29, 1.82) is 0 Å². The smallest absolute Gasteiger partial charge is 0.242 e. The SMILES string of the molecule is CCCCNC(=O)[C@H](C)N(CCc1ccccc1)C(=O)CCCN(c1cccc(Cl)c1)S(C)(=O)=O. The third-order valence-corrected chi connectivity index (χ3v) is 7.16. The number of halogens is 1. The average Bonchev–Trinajstić information content (AvgIpc) is 2.81. The van der Waals surface area contributed by atoms with E-state index in [-0.39, 0.29) is 24.8 Å². The number of amides is 2. The normalized spacial score (nSPS) is 12.1. The predicted molar refractivity (Wildman–Crippen MR) is 142 cm³/mol. The highest BCUT2D eigenvalue weighted by atomic mass is 35.5. The van der Waals surface area contributed by atoms with Crippen LogP contribution in [0.1, 0.15) is 45.1 Å². The van der Waals surface area contributed by atoms with Gasteiger partial charge in [0.05, 0.1) is 11.9 Å². The number of unbranched alkanes of at least 4 members (excludes halogenated alkanes) is 1. The van der Waals surface area contributed by atoms with Crippen LogP contribution in [0.5, 0.6) is 0 Å². The predicted octanol–water partition coefficient (Wildman–Crippen LogP) is 4.26. The summed E-state index contributed by atoms with van der Waals surface area (Å²) in [6.45, 7) is 4.89. The van der Waals surface area contributed by atoms with Gasteiger partial charge in [-0.2, -0.15) is 0 Å². The van der Waals surface area contributed by atoms with Crippen molar-refractivity contribution in [2.24, 2.45) is 0 Å². The molecule has 0 aliphatic heterocycles. The van der Waals surface area contributed by atoms with E-state index in [1.165, 1.54) is 4.31 Å². The molecule has 0 aliphatic carbocycles. The fourth-order valence-corrected chi connectivity index (χ4v) is 4.88. The summed E-state index contributed by atoms with van der Waals surface area (Å²) < 4.78 is 26.0. The van der Waals surface area contributed by atoms with E-state index in [1.807, 2.05) is 30.3 Å². The summed E-state index contributed by atoms with van der Waals surface area (Å²) >= 11 is 6.04. The first-order valence-corrected chi connectivity index (χ1v) is 14.2. The lowest BCUT2D eigenvalue weighted by molar-refractivity contribution is -0.139. The van der Waals surface area contributed by atoms with Crippen LogP contribution in [0, 0.1) is 0 Å². The van der Waals surface area contributed by atoms with Crippen molar-refractivity contribution in [3.63, 3.8) is 0 Å². The van der Waals surface area contributed by atoms with Gasteiger partial charge in [-0.3, -0.25) is 13.9 Å². The van der Waals surface area contributed by atoms with Crippen molar-refractivity contribution >= 4 is 39.1 Å². The summed E-state index contributed by atoms with van der Waals surface area (Å²) in [6, 6.07) is 15.8. The number of anilines is 1. The molecule has 0 fully saturated rings. The van der Waals surface area contributed by atoms with Crippen LogP contribution >= 0.6 is 11.6 Å². The lowest BCUT2D eigenvalue weighted by Gasteiger charge is -2.29. The van der Waals surface area contributed by atoms with Crippen LogP contribution in [0.25, 0.3) is 0 Å². The largest absolute Gasteiger partial charge is 0.354 e. The van der Waals surface area contributed by atoms with Gasteiger partial charge in [-0.1, -0.05) is 61.3 Å². The number of nitrogens with zero attached hydrogens (tertiary/aromatic N) is 2. The van der Waals surface area contributed by atoms with Crippen LogP contribution in [-0.2, 0) is 26.0 Å². The van der Waals surface area contributed by atoms with Gasteiger partial charge in [0.2, 0.25) is 21.8 Å². The number of carbonyl (C=O) groups excluding carboxylic acids is 2. The monoisotopic (exact) mass is 521 g/mol. The van der Waals surface area contributed by atoms with Crippen molar-refractivity contribution < 1.29 is 18.0 Å². The minimum atomic E-state index is -3.56. The summed E-state index contributed by atoms with van der Waals surface area (Å²) in [4.78, 5) is 27.5. The Bertz CT molecular complexity index is 1060. The summed E-state index contributed by atoms with van der Waals surface area (Å²) in [5.41, 5.74) is 1.53. The molecule has 0 aliphatic rings. The fourth-order valence-electron chi connectivity index (χ4n) is 3.74. The Morgan fingerprint density at radius 2 is 1.74 bits per heavy atom. The Hall–Kier alpha value is -2.58. The quantitative estimate of drug-likeness (QED) is 0.376. The Labute approximate surface area is 214 Å². The molecule has 1 atom stereocenters. The van der Waals surface area contributed by atoms with Gasteiger partial charge in [0.25, 0.3) is 0 Å². The first-order chi connectivity index (χ1) is 16.6. The van der Waals surface area contributed by atoms with E-state index < -0.39 is 16.1 Å². The molecule has 0 saturated heterocycles. The van der Waals surface area contributed by atoms with Crippen LogP contribution in [-0.4, -0.2) is 57.1 Å². The summed E-state index contributed by atoms with van der Waals surface area (Å²) in [5, 5.41) is 3.34. The number of benzene rings is 2. The molecular formula is C26H36ClN3O4S. The Morgan fingerprint density at radius 3 is 2.37 bits per heavy atom. The Kier molecular flexibility index (Phi) is 11.5. The van der Waals surface area contributed by atoms with Crippen molar-refractivity contribution in [3.05, 3.63) is 65.2 Å². The highest BCUT2D eigenvalue weighted by Gasteiger charge is 2.26. The maximum Gasteiger partial charge on any atom is 0.242 e. The minimum absolute atomic E-state index is 0.119. The number of hydrogen-bond donors (Lipinski definition) is 1. The van der Waals surface area contributed by atoms with E-state index in [2.05, 4.69) is 12.2 Å². The van der Waals surface area contributed by atoms with Crippen molar-refractivity contribution in [1.82, 2.24) is 10.2 Å². The fraction of sp³-hybridized carbons (Fsp3) is 0.462. The van der Waals surface area contributed by atoms with E-state index in [4.69, 9.17) is 11.6 Å². The highest BCUT2D eigenvalue weighted by Crippen LogP contribution is 2.22. The lowest BCUT2D eigenvalue weighted by atomic mass is 10.1. The first kappa shape index (κ1) is 28.7. The summed E-state index contributed by atoms with van der Waals surface area (Å²) in [5.74, 6) is -0.366. The second-order valence-corrected chi connectivity index (χ2v) is 10.9. The minimum Gasteiger partial charge on any atom is -0.354 e. The van der Waals surface area contributed by atoms with Gasteiger partial charge in [-0.25, -0.2) is 8.42 Å². The van der Waals surface area contributed by atoms with Gasteiger partial charge in [-0.05, 0) is 49.9 Å². The lowest BCUT2D eigenvalue weighted by Crippen LogP contribution is -2.49. The molecule has 2 rings (SSSR count). The molecule has 7 nitrogen and oxygen atoms in total. The number of nitrogens with one attached hydrogen (secondary N) is 1. The number of hydrogen-bond acceptors (Lipinski definition) is 4. The van der Waals surface area contributed by atoms with Crippen molar-refractivity contribution in [2.75, 3.05) is 30.2 Å². The van der Waals surface area contributed by atoms with Gasteiger partial charge in [0, 0.05) is 31.1 Å². The Balaban J connectivity index is 2.08. The molecular weight excluding hydrogens is 486 g/mol. The standard InChI is InChI=1S/C26H36ClN3O4S/c1-4-5-17-28-26(32)21(2)29(19-16-22-11-7-6-8-12-22)25(31)15-10-18-30(35(3,33)34)24-14-9-13-23(27)20-24/h6-9,11-14,20-21H,4-5,10,15-19H2,1-3H3,(H,28,32)/t21-/m0/s1. The molecule has 2 aromatic rings. The highest BCUT2D eigenvalue weighted by molar-refractivity contribution is 7.92. The van der Waals surface area contributed by atoms with Crippen LogP contribution in [0.4, 0.5) is 5.69 Å². The number of sulfonamides is 1. The number of rotatable bonds is 14. The van der Waals surface area contributed by atoms with E-state index in [0.717, 1.165) is 24.7 Å². The van der Waals surface area contributed by atoms with Gasteiger partial charge >= 0.3 is 0 Å². The second-order valence-electron chi connectivity index (χ2n) is 8.56. The Morgan fingerprint density at radius 1 is 1.03 bits per heavy atom. The zero-order valence-corrected chi connectivity index (χ0v) is 22.3. The van der Waals surface area contributed by atoms with Gasteiger partial charge < -0.3 is 10.2 Å². The molecule has 1 N–H and O–H groups in total. The van der Waals surface area contributed by atoms with Crippen molar-refractivity contribution in [3.8, 4) is 0 Å². The van der Waals surface area contributed by atoms with Crippen LogP contribution in [0.3, 0.4) is 0 Å². The van der Waals surface area contributed by atoms with E-state index in [0.29, 0.717) is 36.6 Å². The summed E-state index contributed by atoms with van der Waals surface area (Å²) in [6.07, 6.45) is 4.02. The molecule has 2 aromatic carbocycles. The van der Waals surface area contributed by atoms with Gasteiger partial charge in [0.15, 0.2) is 0 Å². The van der Waals surface area contributed by atoms with Crippen LogP contribution in [0.15, 0.2) is 54.6 Å². The van der Waals surface area contributed by atoms with E-state index in [9.17, 15) is 18.0 Å². The third kappa shape index (κ3) is 9.53. The molecule has 0 spiro atoms. The van der Waals surface area contributed by atoms with E-state index >= 15 is 0 Å². The molecule has 0 unspecified atom stereocenters. The van der Waals surface area contributed by atoms with Gasteiger partial charge in [0.1, 0.15) is 6.04 Å². The maximum atomic E-state index is 13.2.